The second-order valence-corrected chi connectivity index (χ2v) is 11.3. The zero-order valence-corrected chi connectivity index (χ0v) is 19.8. The average molecular weight is 409 g/mol. The summed E-state index contributed by atoms with van der Waals surface area (Å²) >= 11 is 3.87. The number of hydrogen-bond acceptors (Lipinski definition) is 2. The van der Waals surface area contributed by atoms with E-state index in [2.05, 4.69) is 102 Å². The van der Waals surface area contributed by atoms with E-state index < -0.39 is 0 Å². The second-order valence-electron chi connectivity index (χ2n) is 9.06. The molecule has 0 amide bonds. The molecule has 2 aromatic carbocycles. The summed E-state index contributed by atoms with van der Waals surface area (Å²) in [5.41, 5.74) is 6.99. The summed E-state index contributed by atoms with van der Waals surface area (Å²) in [4.78, 5) is 2.84. The van der Waals surface area contributed by atoms with E-state index in [1.54, 1.807) is 0 Å². The monoisotopic (exact) mass is 408 g/mol. The Morgan fingerprint density at radius 3 is 1.96 bits per heavy atom. The molecule has 1 atom stereocenters. The van der Waals surface area contributed by atoms with Crippen LogP contribution in [-0.4, -0.2) is 0 Å². The third kappa shape index (κ3) is 4.72. The molecule has 0 N–H and O–H groups in total. The molecular formula is C26H32S2. The molecule has 1 aromatic heterocycles. The van der Waals surface area contributed by atoms with Crippen molar-refractivity contribution in [1.29, 1.82) is 0 Å². The molecule has 0 aliphatic carbocycles. The first-order valence-corrected chi connectivity index (χ1v) is 11.8. The lowest BCUT2D eigenvalue weighted by Gasteiger charge is -2.21. The van der Waals surface area contributed by atoms with Crippen molar-refractivity contribution in [2.75, 3.05) is 0 Å². The molecule has 0 bridgehead atoms. The number of thiophene rings is 1. The van der Waals surface area contributed by atoms with Crippen molar-refractivity contribution in [3.8, 4) is 11.1 Å². The number of thioether (sulfide) groups is 1. The third-order valence-corrected chi connectivity index (χ3v) is 7.90. The van der Waals surface area contributed by atoms with Crippen molar-refractivity contribution in [3.05, 3.63) is 75.5 Å². The van der Waals surface area contributed by atoms with Crippen molar-refractivity contribution in [2.45, 2.75) is 64.0 Å². The predicted molar refractivity (Wildman–Crippen MR) is 128 cm³/mol. The molecule has 28 heavy (non-hydrogen) atoms. The van der Waals surface area contributed by atoms with Crippen LogP contribution in [0.5, 0.6) is 0 Å². The van der Waals surface area contributed by atoms with Crippen LogP contribution in [0.2, 0.25) is 0 Å². The summed E-state index contributed by atoms with van der Waals surface area (Å²) in [6.07, 6.45) is 0. The molecule has 148 valence electrons. The standard InChI is InChI=1S/C26H32S2/c1-17(2)25(23-9-8-14-27-23)28-22-15-18(3)24(19(4)16-22)20-10-12-21(13-11-20)26(5,6)7/h8-17,25H,1-7H3. The fraction of sp³-hybridized carbons (Fsp3) is 0.385. The van der Waals surface area contributed by atoms with Crippen molar-refractivity contribution in [1.82, 2.24) is 0 Å². The summed E-state index contributed by atoms with van der Waals surface area (Å²) in [6.45, 7) is 15.9. The Bertz CT molecular complexity index is 887. The Morgan fingerprint density at radius 2 is 1.50 bits per heavy atom. The fourth-order valence-corrected chi connectivity index (χ4v) is 6.14. The highest BCUT2D eigenvalue weighted by atomic mass is 32.2. The van der Waals surface area contributed by atoms with Crippen molar-refractivity contribution < 1.29 is 0 Å². The van der Waals surface area contributed by atoms with E-state index in [1.165, 1.54) is 37.6 Å². The van der Waals surface area contributed by atoms with Crippen LogP contribution >= 0.6 is 23.1 Å². The topological polar surface area (TPSA) is 0 Å². The largest absolute Gasteiger partial charge is 0.148 e. The quantitative estimate of drug-likeness (QED) is 0.380. The zero-order valence-electron chi connectivity index (χ0n) is 18.2. The molecule has 2 heteroatoms. The van der Waals surface area contributed by atoms with Gasteiger partial charge in [0.2, 0.25) is 0 Å². The van der Waals surface area contributed by atoms with Crippen molar-refractivity contribution in [2.24, 2.45) is 5.92 Å². The molecule has 3 aromatic rings. The molecule has 1 unspecified atom stereocenters. The predicted octanol–water partition coefficient (Wildman–Crippen LogP) is 8.82. The molecule has 3 rings (SSSR count). The van der Waals surface area contributed by atoms with Gasteiger partial charge >= 0.3 is 0 Å². The lowest BCUT2D eigenvalue weighted by atomic mass is 9.85. The minimum atomic E-state index is 0.191. The normalized spacial score (nSPS) is 13.1. The molecule has 0 saturated carbocycles. The smallest absolute Gasteiger partial charge is 0.0461 e. The van der Waals surface area contributed by atoms with Crippen LogP contribution in [0.15, 0.2) is 58.8 Å². The highest BCUT2D eigenvalue weighted by Crippen LogP contribution is 2.44. The Balaban J connectivity index is 1.91. The van der Waals surface area contributed by atoms with Gasteiger partial charge in [0.25, 0.3) is 0 Å². The van der Waals surface area contributed by atoms with Gasteiger partial charge < -0.3 is 0 Å². The Kier molecular flexibility index (Phi) is 6.41. The third-order valence-electron chi connectivity index (χ3n) is 5.24. The summed E-state index contributed by atoms with van der Waals surface area (Å²) in [5.74, 6) is 0.605. The lowest BCUT2D eigenvalue weighted by molar-refractivity contribution is 0.590. The number of rotatable bonds is 5. The Hall–Kier alpha value is -1.51. The van der Waals surface area contributed by atoms with Crippen LogP contribution in [0.3, 0.4) is 0 Å². The minimum absolute atomic E-state index is 0.191. The molecule has 1 heterocycles. The van der Waals surface area contributed by atoms with E-state index in [4.69, 9.17) is 0 Å². The second kappa shape index (κ2) is 8.47. The number of aryl methyl sites for hydroxylation is 2. The Labute approximate surface area is 179 Å². The highest BCUT2D eigenvalue weighted by molar-refractivity contribution is 7.99. The number of benzene rings is 2. The van der Waals surface area contributed by atoms with E-state index in [1.807, 2.05) is 23.1 Å². The van der Waals surface area contributed by atoms with Crippen LogP contribution in [0.1, 0.15) is 61.4 Å². The van der Waals surface area contributed by atoms with Gasteiger partial charge in [-0.15, -0.1) is 23.1 Å². The summed E-state index contributed by atoms with van der Waals surface area (Å²) in [5, 5.41) is 2.70. The molecular weight excluding hydrogens is 376 g/mol. The summed E-state index contributed by atoms with van der Waals surface area (Å²) in [7, 11) is 0. The van der Waals surface area contributed by atoms with E-state index in [0.717, 1.165) is 0 Å². The van der Waals surface area contributed by atoms with E-state index in [9.17, 15) is 0 Å². The molecule has 0 nitrogen and oxygen atoms in total. The maximum atomic E-state index is 2.37. The first-order valence-electron chi connectivity index (χ1n) is 10.1. The van der Waals surface area contributed by atoms with Gasteiger partial charge in [0.15, 0.2) is 0 Å². The SMILES string of the molecule is Cc1cc(SC(c2cccs2)C(C)C)cc(C)c1-c1ccc(C(C)(C)C)cc1. The number of hydrogen-bond donors (Lipinski definition) is 0. The molecule has 0 aliphatic rings. The molecule has 0 radical (unpaired) electrons. The molecule has 0 aliphatic heterocycles. The maximum absolute atomic E-state index is 2.37. The maximum Gasteiger partial charge on any atom is 0.0461 e. The van der Waals surface area contributed by atoms with E-state index in [-0.39, 0.29) is 5.41 Å². The van der Waals surface area contributed by atoms with Gasteiger partial charge in [0.05, 0.1) is 0 Å². The van der Waals surface area contributed by atoms with Gasteiger partial charge in [-0.2, -0.15) is 0 Å². The molecule has 0 saturated heterocycles. The molecule has 0 spiro atoms. The van der Waals surface area contributed by atoms with Crippen molar-refractivity contribution in [3.63, 3.8) is 0 Å². The highest BCUT2D eigenvalue weighted by Gasteiger charge is 2.20. The lowest BCUT2D eigenvalue weighted by Crippen LogP contribution is -2.10. The Morgan fingerprint density at radius 1 is 0.893 bits per heavy atom. The van der Waals surface area contributed by atoms with Gasteiger partial charge in [0.1, 0.15) is 0 Å². The van der Waals surface area contributed by atoms with Crippen LogP contribution in [-0.2, 0) is 5.41 Å². The van der Waals surface area contributed by atoms with Crippen molar-refractivity contribution >= 4 is 23.1 Å². The fourth-order valence-electron chi connectivity index (χ4n) is 3.71. The first kappa shape index (κ1) is 21.2. The van der Waals surface area contributed by atoms with Crippen LogP contribution in [0.4, 0.5) is 0 Å². The minimum Gasteiger partial charge on any atom is -0.148 e. The first-order chi connectivity index (χ1) is 13.2. The summed E-state index contributed by atoms with van der Waals surface area (Å²) < 4.78 is 0. The van der Waals surface area contributed by atoms with Gasteiger partial charge in [-0.25, -0.2) is 0 Å². The van der Waals surface area contributed by atoms with Crippen LogP contribution < -0.4 is 0 Å². The zero-order chi connectivity index (χ0) is 20.5. The van der Waals surface area contributed by atoms with Gasteiger partial charge in [0, 0.05) is 15.0 Å². The summed E-state index contributed by atoms with van der Waals surface area (Å²) in [6, 6.07) is 18.3. The van der Waals surface area contributed by atoms with Gasteiger partial charge in [-0.1, -0.05) is 65.0 Å². The van der Waals surface area contributed by atoms with Gasteiger partial charge in [-0.05, 0) is 76.6 Å². The van der Waals surface area contributed by atoms with E-state index >= 15 is 0 Å². The van der Waals surface area contributed by atoms with E-state index in [0.29, 0.717) is 11.2 Å². The van der Waals surface area contributed by atoms with Gasteiger partial charge in [-0.3, -0.25) is 0 Å². The van der Waals surface area contributed by atoms with Crippen LogP contribution in [0.25, 0.3) is 11.1 Å². The molecule has 0 fully saturated rings. The van der Waals surface area contributed by atoms with Crippen LogP contribution in [0, 0.1) is 19.8 Å². The average Bonchev–Trinajstić information content (AvgIpc) is 3.12.